The first-order valence-electron chi connectivity index (χ1n) is 7.51. The fraction of sp³-hybridized carbons (Fsp3) is 0.562. The van der Waals surface area contributed by atoms with Gasteiger partial charge in [-0.05, 0) is 30.9 Å². The van der Waals surface area contributed by atoms with E-state index >= 15 is 0 Å². The standard InChI is InChI=1S/C16H24N4O2/c1-10(2)6-14(16(21)22-5)17-8-12-7-13-11(3)19-20(4)15(13)18-9-12/h7,9-10,14,17H,6,8H2,1-5H3. The minimum atomic E-state index is -0.296. The van der Waals surface area contributed by atoms with Gasteiger partial charge >= 0.3 is 5.97 Å². The van der Waals surface area contributed by atoms with E-state index in [-0.39, 0.29) is 12.0 Å². The summed E-state index contributed by atoms with van der Waals surface area (Å²) in [7, 11) is 3.31. The third-order valence-corrected chi connectivity index (χ3v) is 3.67. The summed E-state index contributed by atoms with van der Waals surface area (Å²) in [5.74, 6) is 0.193. The highest BCUT2D eigenvalue weighted by Gasteiger charge is 2.20. The van der Waals surface area contributed by atoms with Crippen molar-refractivity contribution in [2.45, 2.75) is 39.8 Å². The molecule has 0 aromatic carbocycles. The fourth-order valence-electron chi connectivity index (χ4n) is 2.57. The van der Waals surface area contributed by atoms with Crippen LogP contribution < -0.4 is 5.32 Å². The smallest absolute Gasteiger partial charge is 0.322 e. The molecule has 6 heteroatoms. The molecule has 0 bridgehead atoms. The summed E-state index contributed by atoms with van der Waals surface area (Å²) >= 11 is 0. The average molecular weight is 304 g/mol. The van der Waals surface area contributed by atoms with Gasteiger partial charge in [0, 0.05) is 25.2 Å². The molecule has 0 spiro atoms. The Bertz CT molecular complexity index is 663. The van der Waals surface area contributed by atoms with E-state index < -0.39 is 0 Å². The summed E-state index contributed by atoms with van der Waals surface area (Å²) in [4.78, 5) is 16.3. The number of carbonyl (C=O) groups is 1. The van der Waals surface area contributed by atoms with Gasteiger partial charge in [-0.25, -0.2) is 4.98 Å². The summed E-state index contributed by atoms with van der Waals surface area (Å²) in [6.45, 7) is 6.72. The van der Waals surface area contributed by atoms with Crippen LogP contribution in [0, 0.1) is 12.8 Å². The van der Waals surface area contributed by atoms with E-state index in [0.29, 0.717) is 12.5 Å². The number of rotatable bonds is 6. The molecule has 0 aliphatic heterocycles. The molecule has 2 rings (SSSR count). The Kier molecular flexibility index (Phi) is 5.13. The number of esters is 1. The molecule has 22 heavy (non-hydrogen) atoms. The normalized spacial score (nSPS) is 12.8. The van der Waals surface area contributed by atoms with E-state index in [9.17, 15) is 4.79 Å². The highest BCUT2D eigenvalue weighted by atomic mass is 16.5. The van der Waals surface area contributed by atoms with Gasteiger partial charge in [-0.15, -0.1) is 0 Å². The topological polar surface area (TPSA) is 69.0 Å². The Morgan fingerprint density at radius 2 is 2.18 bits per heavy atom. The lowest BCUT2D eigenvalue weighted by molar-refractivity contribution is -0.143. The van der Waals surface area contributed by atoms with Crippen molar-refractivity contribution in [1.29, 1.82) is 0 Å². The molecule has 0 saturated carbocycles. The van der Waals surface area contributed by atoms with Crippen LogP contribution in [-0.4, -0.2) is 33.9 Å². The third kappa shape index (κ3) is 3.62. The fourth-order valence-corrected chi connectivity index (χ4v) is 2.57. The number of ether oxygens (including phenoxy) is 1. The number of fused-ring (bicyclic) bond motifs is 1. The van der Waals surface area contributed by atoms with Crippen molar-refractivity contribution in [3.05, 3.63) is 23.5 Å². The lowest BCUT2D eigenvalue weighted by atomic mass is 10.0. The summed E-state index contributed by atoms with van der Waals surface area (Å²) in [5, 5.41) is 8.68. The van der Waals surface area contributed by atoms with E-state index in [2.05, 4.69) is 35.3 Å². The highest BCUT2D eigenvalue weighted by Crippen LogP contribution is 2.16. The van der Waals surface area contributed by atoms with Gasteiger partial charge in [-0.1, -0.05) is 13.8 Å². The SMILES string of the molecule is COC(=O)C(CC(C)C)NCc1cnc2c(c1)c(C)nn2C. The molecule has 6 nitrogen and oxygen atoms in total. The lowest BCUT2D eigenvalue weighted by Crippen LogP contribution is -2.38. The zero-order valence-corrected chi connectivity index (χ0v) is 13.9. The Labute approximate surface area is 130 Å². The average Bonchev–Trinajstić information content (AvgIpc) is 2.77. The van der Waals surface area contributed by atoms with Crippen molar-refractivity contribution < 1.29 is 9.53 Å². The number of carbonyl (C=O) groups excluding carboxylic acids is 1. The molecule has 2 heterocycles. The number of aryl methyl sites for hydroxylation is 2. The Morgan fingerprint density at radius 3 is 2.82 bits per heavy atom. The van der Waals surface area contributed by atoms with Crippen molar-refractivity contribution in [2.24, 2.45) is 13.0 Å². The molecule has 1 unspecified atom stereocenters. The van der Waals surface area contributed by atoms with E-state index in [0.717, 1.165) is 28.7 Å². The monoisotopic (exact) mass is 304 g/mol. The Morgan fingerprint density at radius 1 is 1.45 bits per heavy atom. The number of aromatic nitrogens is 3. The summed E-state index contributed by atoms with van der Waals surface area (Å²) in [5.41, 5.74) is 2.85. The van der Waals surface area contributed by atoms with Gasteiger partial charge in [-0.2, -0.15) is 5.10 Å². The van der Waals surface area contributed by atoms with Crippen LogP contribution >= 0.6 is 0 Å². The molecule has 120 valence electrons. The summed E-state index contributed by atoms with van der Waals surface area (Å²) in [6.07, 6.45) is 2.56. The zero-order chi connectivity index (χ0) is 16.3. The minimum Gasteiger partial charge on any atom is -0.468 e. The molecular formula is C16H24N4O2. The number of hydrogen-bond acceptors (Lipinski definition) is 5. The predicted octanol–water partition coefficient (Wildman–Crippen LogP) is 1.95. The van der Waals surface area contributed by atoms with Gasteiger partial charge in [0.25, 0.3) is 0 Å². The van der Waals surface area contributed by atoms with Crippen molar-refractivity contribution in [2.75, 3.05) is 7.11 Å². The van der Waals surface area contributed by atoms with Gasteiger partial charge < -0.3 is 10.1 Å². The van der Waals surface area contributed by atoms with Crippen LogP contribution in [0.5, 0.6) is 0 Å². The van der Waals surface area contributed by atoms with Gasteiger partial charge in [0.15, 0.2) is 5.65 Å². The van der Waals surface area contributed by atoms with Crippen LogP contribution in [0.3, 0.4) is 0 Å². The number of nitrogens with zero attached hydrogens (tertiary/aromatic N) is 3. The van der Waals surface area contributed by atoms with Crippen LogP contribution in [0.4, 0.5) is 0 Å². The van der Waals surface area contributed by atoms with E-state index in [1.54, 1.807) is 4.68 Å². The third-order valence-electron chi connectivity index (χ3n) is 3.67. The number of nitrogens with one attached hydrogen (secondary N) is 1. The first-order valence-corrected chi connectivity index (χ1v) is 7.51. The molecule has 0 saturated heterocycles. The van der Waals surface area contributed by atoms with Crippen molar-refractivity contribution in [3.63, 3.8) is 0 Å². The Hall–Kier alpha value is -1.95. The number of hydrogen-bond donors (Lipinski definition) is 1. The van der Waals surface area contributed by atoms with Gasteiger partial charge in [0.2, 0.25) is 0 Å². The van der Waals surface area contributed by atoms with Crippen molar-refractivity contribution in [1.82, 2.24) is 20.1 Å². The second kappa shape index (κ2) is 6.87. The molecule has 2 aromatic rings. The largest absolute Gasteiger partial charge is 0.468 e. The van der Waals surface area contributed by atoms with Crippen LogP contribution in [-0.2, 0) is 23.1 Å². The van der Waals surface area contributed by atoms with Crippen molar-refractivity contribution >= 4 is 17.0 Å². The van der Waals surface area contributed by atoms with Gasteiger partial charge in [0.1, 0.15) is 6.04 Å². The number of methoxy groups -OCH3 is 1. The molecule has 1 atom stereocenters. The van der Waals surface area contributed by atoms with E-state index in [4.69, 9.17) is 4.74 Å². The molecule has 2 aromatic heterocycles. The highest BCUT2D eigenvalue weighted by molar-refractivity contribution is 5.78. The molecule has 0 aliphatic carbocycles. The molecular weight excluding hydrogens is 280 g/mol. The summed E-state index contributed by atoms with van der Waals surface area (Å²) in [6, 6.07) is 1.78. The zero-order valence-electron chi connectivity index (χ0n) is 13.9. The molecule has 0 aliphatic rings. The lowest BCUT2D eigenvalue weighted by Gasteiger charge is -2.18. The van der Waals surface area contributed by atoms with E-state index in [1.165, 1.54) is 7.11 Å². The second-order valence-electron chi connectivity index (χ2n) is 6.01. The molecule has 1 N–H and O–H groups in total. The van der Waals surface area contributed by atoms with Crippen LogP contribution in [0.25, 0.3) is 11.0 Å². The van der Waals surface area contributed by atoms with Crippen LogP contribution in [0.1, 0.15) is 31.5 Å². The minimum absolute atomic E-state index is 0.222. The van der Waals surface area contributed by atoms with Crippen LogP contribution in [0.2, 0.25) is 0 Å². The van der Waals surface area contributed by atoms with Gasteiger partial charge in [-0.3, -0.25) is 9.48 Å². The molecule has 0 amide bonds. The maximum atomic E-state index is 11.8. The Balaban J connectivity index is 2.12. The van der Waals surface area contributed by atoms with Gasteiger partial charge in [0.05, 0.1) is 12.8 Å². The summed E-state index contributed by atoms with van der Waals surface area (Å²) < 4.78 is 6.64. The maximum absolute atomic E-state index is 11.8. The quantitative estimate of drug-likeness (QED) is 0.826. The van der Waals surface area contributed by atoms with Crippen molar-refractivity contribution in [3.8, 4) is 0 Å². The van der Waals surface area contributed by atoms with E-state index in [1.807, 2.05) is 20.2 Å². The first kappa shape index (κ1) is 16.4. The molecule has 0 fully saturated rings. The maximum Gasteiger partial charge on any atom is 0.322 e. The molecule has 0 radical (unpaired) electrons. The number of pyridine rings is 1. The predicted molar refractivity (Wildman–Crippen MR) is 85.3 cm³/mol. The second-order valence-corrected chi connectivity index (χ2v) is 6.01. The first-order chi connectivity index (χ1) is 10.4. The van der Waals surface area contributed by atoms with Crippen LogP contribution in [0.15, 0.2) is 12.3 Å².